The fourth-order valence-electron chi connectivity index (χ4n) is 4.14. The van der Waals surface area contributed by atoms with E-state index in [1.54, 1.807) is 13.3 Å². The molecule has 1 aliphatic heterocycles. The molecule has 8 heteroatoms. The summed E-state index contributed by atoms with van der Waals surface area (Å²) < 4.78 is 7.85. The summed E-state index contributed by atoms with van der Waals surface area (Å²) in [4.78, 5) is 19.3. The molecule has 1 fully saturated rings. The Morgan fingerprint density at radius 1 is 1.20 bits per heavy atom. The Bertz CT molecular complexity index is 1220. The molecule has 1 aromatic carbocycles. The molecule has 7 nitrogen and oxygen atoms in total. The number of carbonyl (C=O) groups is 1. The predicted octanol–water partition coefficient (Wildman–Crippen LogP) is 5.63. The lowest BCUT2D eigenvalue weighted by Crippen LogP contribution is -2.30. The molecule has 2 aromatic heterocycles. The SMILES string of the molecule is COc1cc(N2C(=S)N[C@@H](c3ccccn3)[C@H]2c2ccn(C(C)C)c2)ccc1NC(=O)C(C)(C)C. The van der Waals surface area contributed by atoms with Gasteiger partial charge in [0.2, 0.25) is 5.91 Å². The molecule has 2 N–H and O–H groups in total. The number of thiocarbonyl (C=S) groups is 1. The van der Waals surface area contributed by atoms with Crippen LogP contribution in [0.3, 0.4) is 0 Å². The van der Waals surface area contributed by atoms with E-state index in [4.69, 9.17) is 17.0 Å². The third kappa shape index (κ3) is 5.03. The van der Waals surface area contributed by atoms with Crippen molar-refractivity contribution in [1.82, 2.24) is 14.9 Å². The molecule has 1 aliphatic rings. The van der Waals surface area contributed by atoms with Gasteiger partial charge in [-0.25, -0.2) is 0 Å². The molecule has 3 heterocycles. The quantitative estimate of drug-likeness (QED) is 0.435. The summed E-state index contributed by atoms with van der Waals surface area (Å²) in [6.45, 7) is 9.95. The summed E-state index contributed by atoms with van der Waals surface area (Å²) in [5, 5.41) is 7.07. The molecule has 0 spiro atoms. The summed E-state index contributed by atoms with van der Waals surface area (Å²) in [5.41, 5.74) is 3.02. The van der Waals surface area contributed by atoms with E-state index in [-0.39, 0.29) is 18.0 Å². The standard InChI is InChI=1S/C27H33N5O2S/c1-17(2)31-14-12-18(16-31)24-23(21-9-7-8-13-28-21)30-26(35)32(24)19-10-11-20(22(15-19)34-6)29-25(33)27(3,4)5/h7-17,23-24H,1-6H3,(H,29,33)(H,30,35)/t23-,24+/m0/s1. The number of aromatic nitrogens is 2. The lowest BCUT2D eigenvalue weighted by Gasteiger charge is -2.28. The highest BCUT2D eigenvalue weighted by molar-refractivity contribution is 7.80. The number of amides is 1. The van der Waals surface area contributed by atoms with E-state index >= 15 is 0 Å². The van der Waals surface area contributed by atoms with Gasteiger partial charge in [0, 0.05) is 41.8 Å². The first kappa shape index (κ1) is 24.7. The Balaban J connectivity index is 1.76. The van der Waals surface area contributed by atoms with Crippen LogP contribution in [0.4, 0.5) is 11.4 Å². The minimum Gasteiger partial charge on any atom is -0.494 e. The number of anilines is 2. The molecular formula is C27H33N5O2S. The van der Waals surface area contributed by atoms with Crippen molar-refractivity contribution < 1.29 is 9.53 Å². The molecule has 0 saturated carbocycles. The summed E-state index contributed by atoms with van der Waals surface area (Å²) in [6, 6.07) is 13.9. The topological polar surface area (TPSA) is 71.4 Å². The summed E-state index contributed by atoms with van der Waals surface area (Å²) in [7, 11) is 1.60. The first-order chi connectivity index (χ1) is 16.6. The van der Waals surface area contributed by atoms with Crippen LogP contribution in [0.5, 0.6) is 5.75 Å². The number of nitrogens with zero attached hydrogens (tertiary/aromatic N) is 3. The molecule has 4 rings (SSSR count). The van der Waals surface area contributed by atoms with E-state index in [1.165, 1.54) is 0 Å². The number of methoxy groups -OCH3 is 1. The van der Waals surface area contributed by atoms with Crippen LogP contribution in [0.2, 0.25) is 0 Å². The third-order valence-electron chi connectivity index (χ3n) is 6.17. The number of rotatable bonds is 6. The largest absolute Gasteiger partial charge is 0.494 e. The molecule has 1 amide bonds. The highest BCUT2D eigenvalue weighted by Crippen LogP contribution is 2.43. The maximum atomic E-state index is 12.6. The predicted molar refractivity (Wildman–Crippen MR) is 144 cm³/mol. The Morgan fingerprint density at radius 2 is 1.97 bits per heavy atom. The normalized spacial score (nSPS) is 18.0. The Kier molecular flexibility index (Phi) is 6.85. The van der Waals surface area contributed by atoms with Crippen LogP contribution in [0, 0.1) is 5.41 Å². The number of pyridine rings is 1. The van der Waals surface area contributed by atoms with E-state index in [0.29, 0.717) is 22.6 Å². The van der Waals surface area contributed by atoms with Crippen molar-refractivity contribution in [3.05, 3.63) is 72.3 Å². The summed E-state index contributed by atoms with van der Waals surface area (Å²) in [5.74, 6) is 0.493. The lowest BCUT2D eigenvalue weighted by atomic mass is 9.95. The minimum absolute atomic E-state index is 0.0787. The van der Waals surface area contributed by atoms with Gasteiger partial charge in [0.05, 0.1) is 30.6 Å². The number of carbonyl (C=O) groups excluding carboxylic acids is 1. The van der Waals surface area contributed by atoms with Gasteiger partial charge in [-0.05, 0) is 62.0 Å². The fraction of sp³-hybridized carbons (Fsp3) is 0.370. The maximum Gasteiger partial charge on any atom is 0.229 e. The highest BCUT2D eigenvalue weighted by Gasteiger charge is 2.41. The zero-order valence-electron chi connectivity index (χ0n) is 21.1. The van der Waals surface area contributed by atoms with Gasteiger partial charge in [-0.3, -0.25) is 9.78 Å². The Morgan fingerprint density at radius 3 is 2.57 bits per heavy atom. The number of hydrogen-bond donors (Lipinski definition) is 2. The molecule has 0 radical (unpaired) electrons. The van der Waals surface area contributed by atoms with Gasteiger partial charge < -0.3 is 24.8 Å². The number of benzene rings is 1. The second-order valence-electron chi connectivity index (χ2n) is 10.1. The number of ether oxygens (including phenoxy) is 1. The zero-order valence-corrected chi connectivity index (χ0v) is 21.9. The van der Waals surface area contributed by atoms with E-state index in [2.05, 4.69) is 57.4 Å². The molecular weight excluding hydrogens is 458 g/mol. The monoisotopic (exact) mass is 491 g/mol. The van der Waals surface area contributed by atoms with Crippen molar-refractivity contribution in [2.24, 2.45) is 5.41 Å². The average molecular weight is 492 g/mol. The van der Waals surface area contributed by atoms with Crippen LogP contribution in [0.15, 0.2) is 61.1 Å². The van der Waals surface area contributed by atoms with Gasteiger partial charge in [0.1, 0.15) is 5.75 Å². The van der Waals surface area contributed by atoms with Crippen LogP contribution in [0.25, 0.3) is 0 Å². The number of nitrogens with one attached hydrogen (secondary N) is 2. The molecule has 2 atom stereocenters. The van der Waals surface area contributed by atoms with Gasteiger partial charge >= 0.3 is 0 Å². The first-order valence-corrected chi connectivity index (χ1v) is 12.2. The summed E-state index contributed by atoms with van der Waals surface area (Å²) in [6.07, 6.45) is 6.07. The van der Waals surface area contributed by atoms with E-state index in [1.807, 2.05) is 57.2 Å². The number of hydrogen-bond acceptors (Lipinski definition) is 4. The summed E-state index contributed by atoms with van der Waals surface area (Å²) >= 11 is 5.84. The van der Waals surface area contributed by atoms with Crippen molar-refractivity contribution in [3.63, 3.8) is 0 Å². The van der Waals surface area contributed by atoms with Gasteiger partial charge in [-0.2, -0.15) is 0 Å². The second-order valence-corrected chi connectivity index (χ2v) is 10.5. The molecule has 0 bridgehead atoms. The van der Waals surface area contributed by atoms with Gasteiger partial charge in [-0.15, -0.1) is 0 Å². The average Bonchev–Trinajstić information content (AvgIpc) is 3.44. The van der Waals surface area contributed by atoms with Crippen molar-refractivity contribution in [2.75, 3.05) is 17.3 Å². The van der Waals surface area contributed by atoms with Crippen LogP contribution in [0.1, 0.15) is 64.0 Å². The van der Waals surface area contributed by atoms with Crippen LogP contribution >= 0.6 is 12.2 Å². The second kappa shape index (κ2) is 9.70. The smallest absolute Gasteiger partial charge is 0.229 e. The van der Waals surface area contributed by atoms with Crippen LogP contribution < -0.4 is 20.3 Å². The molecule has 184 valence electrons. The molecule has 35 heavy (non-hydrogen) atoms. The Labute approximate surface area is 212 Å². The van der Waals surface area contributed by atoms with Gasteiger partial charge in [0.25, 0.3) is 0 Å². The molecule has 3 aromatic rings. The van der Waals surface area contributed by atoms with Crippen LogP contribution in [-0.2, 0) is 4.79 Å². The van der Waals surface area contributed by atoms with Crippen LogP contribution in [-0.4, -0.2) is 27.7 Å². The fourth-order valence-corrected chi connectivity index (χ4v) is 4.49. The van der Waals surface area contributed by atoms with Gasteiger partial charge in [0.15, 0.2) is 5.11 Å². The van der Waals surface area contributed by atoms with E-state index in [0.717, 1.165) is 16.9 Å². The van der Waals surface area contributed by atoms with Crippen molar-refractivity contribution in [2.45, 2.75) is 52.7 Å². The molecule has 0 unspecified atom stereocenters. The minimum atomic E-state index is -0.519. The van der Waals surface area contributed by atoms with E-state index < -0.39 is 5.41 Å². The highest BCUT2D eigenvalue weighted by atomic mass is 32.1. The molecule has 1 saturated heterocycles. The van der Waals surface area contributed by atoms with E-state index in [9.17, 15) is 4.79 Å². The third-order valence-corrected chi connectivity index (χ3v) is 6.48. The lowest BCUT2D eigenvalue weighted by molar-refractivity contribution is -0.123. The van der Waals surface area contributed by atoms with Gasteiger partial charge in [-0.1, -0.05) is 26.8 Å². The van der Waals surface area contributed by atoms with Crippen molar-refractivity contribution >= 4 is 34.6 Å². The Hall–Kier alpha value is -3.39. The molecule has 0 aliphatic carbocycles. The zero-order chi connectivity index (χ0) is 25.3. The first-order valence-electron chi connectivity index (χ1n) is 11.8. The van der Waals surface area contributed by atoms with Crippen molar-refractivity contribution in [1.29, 1.82) is 0 Å². The van der Waals surface area contributed by atoms with Crippen molar-refractivity contribution in [3.8, 4) is 5.75 Å². The maximum absolute atomic E-state index is 12.6.